The zero-order chi connectivity index (χ0) is 34.3. The summed E-state index contributed by atoms with van der Waals surface area (Å²) in [5, 5.41) is 4.19. The van der Waals surface area contributed by atoms with Crippen LogP contribution in [0.25, 0.3) is 0 Å². The van der Waals surface area contributed by atoms with E-state index >= 15 is 0 Å². The maximum Gasteiger partial charge on any atom is 0.338 e. The van der Waals surface area contributed by atoms with Gasteiger partial charge in [-0.25, -0.2) is 14.6 Å². The number of fused-ring (bicyclic) bond motifs is 3. The van der Waals surface area contributed by atoms with Crippen LogP contribution in [-0.2, 0) is 27.2 Å². The lowest BCUT2D eigenvalue weighted by atomic mass is 9.86. The number of carbonyl (C=O) groups excluding carboxylic acids is 2. The Morgan fingerprint density at radius 2 is 1.71 bits per heavy atom. The van der Waals surface area contributed by atoms with Gasteiger partial charge in [-0.2, -0.15) is 0 Å². The van der Waals surface area contributed by atoms with Crippen molar-refractivity contribution < 1.29 is 33.5 Å². The number of pyridine rings is 2. The van der Waals surface area contributed by atoms with Crippen molar-refractivity contribution in [2.75, 3.05) is 33.9 Å². The summed E-state index contributed by atoms with van der Waals surface area (Å²) < 4.78 is 23.0. The average molecular weight is 707 g/mol. The fourth-order valence-corrected chi connectivity index (χ4v) is 6.99. The molecule has 2 N–H and O–H groups in total. The van der Waals surface area contributed by atoms with E-state index in [4.69, 9.17) is 42.1 Å². The van der Waals surface area contributed by atoms with Gasteiger partial charge in [0.1, 0.15) is 28.3 Å². The van der Waals surface area contributed by atoms with E-state index in [2.05, 4.69) is 20.2 Å². The van der Waals surface area contributed by atoms with Crippen LogP contribution >= 0.6 is 23.2 Å². The van der Waals surface area contributed by atoms with Crippen LogP contribution in [0.15, 0.2) is 79.4 Å². The first kappa shape index (κ1) is 34.6. The van der Waals surface area contributed by atoms with Crippen molar-refractivity contribution in [3.63, 3.8) is 0 Å². The summed E-state index contributed by atoms with van der Waals surface area (Å²) in [6.07, 6.45) is 8.09. The summed E-state index contributed by atoms with van der Waals surface area (Å²) in [5.74, 6) is 0.605. The van der Waals surface area contributed by atoms with Crippen LogP contribution in [0, 0.1) is 5.92 Å². The normalized spacial score (nSPS) is 19.5. The van der Waals surface area contributed by atoms with Gasteiger partial charge in [0.2, 0.25) is 0 Å². The number of rotatable bonds is 13. The van der Waals surface area contributed by atoms with E-state index in [1.165, 1.54) is 0 Å². The van der Waals surface area contributed by atoms with E-state index in [1.807, 2.05) is 24.3 Å². The molecule has 0 saturated carbocycles. The van der Waals surface area contributed by atoms with Gasteiger partial charge in [0.15, 0.2) is 23.9 Å². The van der Waals surface area contributed by atoms with Crippen LogP contribution in [0.4, 0.5) is 0 Å². The molecular weight excluding hydrogens is 667 g/mol. The number of hydrogen-bond donors (Lipinski definition) is 1. The molecule has 0 spiro atoms. The van der Waals surface area contributed by atoms with E-state index in [9.17, 15) is 9.59 Å². The monoisotopic (exact) mass is 705 g/mol. The Hall–Kier alpha value is -4.22. The lowest BCUT2D eigenvalue weighted by molar-refractivity contribution is -0.377. The van der Waals surface area contributed by atoms with E-state index in [1.54, 1.807) is 69.3 Å². The van der Waals surface area contributed by atoms with Crippen molar-refractivity contribution in [1.29, 1.82) is 0 Å². The number of halogens is 2. The number of esters is 2. The Bertz CT molecular complexity index is 1730. The molecule has 0 amide bonds. The molecule has 49 heavy (non-hydrogen) atoms. The number of nitrogens with one attached hydrogen (secondary N) is 2. The highest BCUT2D eigenvalue weighted by atomic mass is 35.5. The summed E-state index contributed by atoms with van der Waals surface area (Å²) in [6, 6.07) is 15.4. The third kappa shape index (κ3) is 8.33. The minimum Gasteiger partial charge on any atom is -0.493 e. The molecule has 4 aromatic rings. The SMILES string of the molecule is COc1ccc([C@H](Cc2c(Cl)c[nH+]cc2Cl)OC(=O)c2ccc(CNC(C(=O)O[C@H]3CN4CCC3CC4)c3cccnc3)cc2)cc1OC. The number of piperidine rings is 3. The summed E-state index contributed by atoms with van der Waals surface area (Å²) >= 11 is 12.9. The number of nitrogens with zero attached hydrogens (tertiary/aromatic N) is 2. The Morgan fingerprint density at radius 3 is 2.35 bits per heavy atom. The lowest BCUT2D eigenvalue weighted by Gasteiger charge is -2.44. The zero-order valence-corrected chi connectivity index (χ0v) is 28.9. The van der Waals surface area contributed by atoms with Crippen molar-refractivity contribution >= 4 is 35.1 Å². The second-order valence-electron chi connectivity index (χ2n) is 12.3. The number of carbonyl (C=O) groups is 2. The number of methoxy groups -OCH3 is 2. The highest BCUT2D eigenvalue weighted by Crippen LogP contribution is 2.35. The molecule has 0 aliphatic carbocycles. The number of aromatic nitrogens is 2. The van der Waals surface area contributed by atoms with Crippen molar-refractivity contribution in [3.8, 4) is 11.5 Å². The van der Waals surface area contributed by atoms with E-state index in [-0.39, 0.29) is 18.5 Å². The Kier molecular flexibility index (Phi) is 11.3. The maximum atomic E-state index is 13.5. The van der Waals surface area contributed by atoms with Crippen LogP contribution in [0.5, 0.6) is 11.5 Å². The van der Waals surface area contributed by atoms with E-state index in [0.717, 1.165) is 43.6 Å². The Morgan fingerprint density at radius 1 is 0.980 bits per heavy atom. The molecule has 2 bridgehead atoms. The smallest absolute Gasteiger partial charge is 0.338 e. The molecule has 5 heterocycles. The molecule has 3 aliphatic rings. The summed E-state index contributed by atoms with van der Waals surface area (Å²) in [7, 11) is 3.10. The molecule has 12 heteroatoms. The fourth-order valence-electron chi connectivity index (χ4n) is 6.46. The van der Waals surface area contributed by atoms with Gasteiger partial charge in [-0.15, -0.1) is 0 Å². The molecule has 2 aromatic carbocycles. The fraction of sp³-hybridized carbons (Fsp3) is 0.351. The molecule has 10 nitrogen and oxygen atoms in total. The molecule has 3 fully saturated rings. The number of benzene rings is 2. The molecule has 0 radical (unpaired) electrons. The summed E-state index contributed by atoms with van der Waals surface area (Å²) in [4.78, 5) is 36.5. The first-order valence-corrected chi connectivity index (χ1v) is 17.0. The summed E-state index contributed by atoms with van der Waals surface area (Å²) in [5.41, 5.74) is 3.27. The number of hydrogen-bond acceptors (Lipinski definition) is 9. The summed E-state index contributed by atoms with van der Waals surface area (Å²) in [6.45, 7) is 3.28. The van der Waals surface area contributed by atoms with Crippen molar-refractivity contribution in [1.82, 2.24) is 15.2 Å². The third-order valence-corrected chi connectivity index (χ3v) is 9.91. The van der Waals surface area contributed by atoms with Gasteiger partial charge >= 0.3 is 11.9 Å². The molecule has 256 valence electrons. The first-order chi connectivity index (χ1) is 23.8. The Labute approximate surface area is 295 Å². The molecule has 1 unspecified atom stereocenters. The van der Waals surface area contributed by atoms with E-state index < -0.39 is 18.1 Å². The van der Waals surface area contributed by atoms with Gasteiger partial charge in [-0.3, -0.25) is 15.2 Å². The first-order valence-electron chi connectivity index (χ1n) is 16.2. The second kappa shape index (κ2) is 16.0. The molecule has 7 rings (SSSR count). The van der Waals surface area contributed by atoms with Crippen LogP contribution in [0.1, 0.15) is 57.6 Å². The van der Waals surface area contributed by atoms with Crippen LogP contribution in [0.2, 0.25) is 10.0 Å². The topological polar surface area (TPSA) is 113 Å². The minimum absolute atomic E-state index is 0.101. The van der Waals surface area contributed by atoms with Gasteiger partial charge in [-0.1, -0.05) is 47.5 Å². The quantitative estimate of drug-likeness (QED) is 0.172. The number of H-pyrrole nitrogens is 1. The highest BCUT2D eigenvalue weighted by Gasteiger charge is 2.38. The van der Waals surface area contributed by atoms with Gasteiger partial charge in [0.25, 0.3) is 0 Å². The standard InChI is InChI=1S/C37H38Cl2N4O6/c1-46-31-10-9-26(16-33(31)47-2)32(17-28-29(38)20-41-21-30(28)39)48-36(44)25-7-5-23(6-8-25)18-42-35(27-4-3-13-40-19-27)37(45)49-34-22-43-14-11-24(34)12-15-43/h3-10,13,16,19-21,24,32,34-35,42H,11-12,14-15,17-18,22H2,1-2H3/p+1/t32-,34-,35?/m0/s1. The van der Waals surface area contributed by atoms with Gasteiger partial charge in [-0.05, 0) is 78.9 Å². The predicted octanol–water partition coefficient (Wildman–Crippen LogP) is 5.83. The number of aromatic amines is 1. The predicted molar refractivity (Wildman–Crippen MR) is 184 cm³/mol. The van der Waals surface area contributed by atoms with Crippen LogP contribution in [-0.4, -0.2) is 61.8 Å². The number of ether oxygens (including phenoxy) is 4. The van der Waals surface area contributed by atoms with Gasteiger partial charge < -0.3 is 18.9 Å². The average Bonchev–Trinajstić information content (AvgIpc) is 3.13. The van der Waals surface area contributed by atoms with Gasteiger partial charge in [0, 0.05) is 37.5 Å². The largest absolute Gasteiger partial charge is 0.493 e. The van der Waals surface area contributed by atoms with Crippen LogP contribution in [0.3, 0.4) is 0 Å². The molecular formula is C37H39Cl2N4O6+. The van der Waals surface area contributed by atoms with Gasteiger partial charge in [0.05, 0.1) is 19.8 Å². The third-order valence-electron chi connectivity index (χ3n) is 9.23. The highest BCUT2D eigenvalue weighted by molar-refractivity contribution is 6.35. The molecule has 3 aliphatic heterocycles. The molecule has 3 saturated heterocycles. The molecule has 2 aromatic heterocycles. The van der Waals surface area contributed by atoms with Crippen molar-refractivity contribution in [2.24, 2.45) is 5.92 Å². The van der Waals surface area contributed by atoms with Crippen molar-refractivity contribution in [2.45, 2.75) is 44.1 Å². The van der Waals surface area contributed by atoms with Crippen LogP contribution < -0.4 is 19.8 Å². The zero-order valence-electron chi connectivity index (χ0n) is 27.4. The molecule has 3 atom stereocenters. The maximum absolute atomic E-state index is 13.5. The lowest BCUT2D eigenvalue weighted by Crippen LogP contribution is -2.52. The second-order valence-corrected chi connectivity index (χ2v) is 13.1. The Balaban J connectivity index is 1.15. The van der Waals surface area contributed by atoms with E-state index in [0.29, 0.717) is 50.7 Å². The van der Waals surface area contributed by atoms with Crippen molar-refractivity contribution in [3.05, 3.63) is 117 Å². The minimum atomic E-state index is -0.742.